The molecule has 1 aromatic rings. The molecule has 120 valence electrons. The molecule has 0 aromatic heterocycles. The Morgan fingerprint density at radius 2 is 1.57 bits per heavy atom. The Bertz CT molecular complexity index is 379. The molecule has 0 saturated carbocycles. The minimum Gasteiger partial charge on any atom is -0.491 e. The third-order valence-corrected chi connectivity index (χ3v) is 3.94. The summed E-state index contributed by atoms with van der Waals surface area (Å²) in [5.74, 6) is 2.74. The summed E-state index contributed by atoms with van der Waals surface area (Å²) in [5.41, 5.74) is 1.21. The number of ether oxygens (including phenoxy) is 1. The molecule has 0 aliphatic heterocycles. The van der Waals surface area contributed by atoms with Crippen molar-refractivity contribution in [2.45, 2.75) is 40.7 Å². The predicted molar refractivity (Wildman–Crippen MR) is 88.7 cm³/mol. The van der Waals surface area contributed by atoms with Gasteiger partial charge in [0.15, 0.2) is 0 Å². The Morgan fingerprint density at radius 1 is 1.00 bits per heavy atom. The van der Waals surface area contributed by atoms with E-state index in [9.17, 15) is 5.11 Å². The predicted octanol–water partition coefficient (Wildman–Crippen LogP) is 3.25. The highest BCUT2D eigenvalue weighted by Crippen LogP contribution is 2.19. The Balaban J connectivity index is 2.24. The summed E-state index contributed by atoms with van der Waals surface area (Å²) in [6, 6.07) is 7.89. The molecule has 1 rings (SSSR count). The first-order valence-electron chi connectivity index (χ1n) is 7.98. The van der Waals surface area contributed by atoms with E-state index in [-0.39, 0.29) is 0 Å². The average Bonchev–Trinajstić information content (AvgIpc) is 2.42. The van der Waals surface area contributed by atoms with Gasteiger partial charge < -0.3 is 15.2 Å². The lowest BCUT2D eigenvalue weighted by Gasteiger charge is -2.25. The van der Waals surface area contributed by atoms with Crippen LogP contribution in [0, 0.1) is 24.7 Å². The molecule has 3 nitrogen and oxygen atoms in total. The Hall–Kier alpha value is -1.06. The van der Waals surface area contributed by atoms with Crippen LogP contribution in [0.2, 0.25) is 0 Å². The van der Waals surface area contributed by atoms with Crippen molar-refractivity contribution in [3.05, 3.63) is 29.8 Å². The molecule has 0 radical (unpaired) electrons. The van der Waals surface area contributed by atoms with Gasteiger partial charge in [-0.2, -0.15) is 0 Å². The van der Waals surface area contributed by atoms with Crippen molar-refractivity contribution in [2.24, 2.45) is 17.8 Å². The van der Waals surface area contributed by atoms with Gasteiger partial charge in [-0.25, -0.2) is 0 Å². The fourth-order valence-electron chi connectivity index (χ4n) is 2.54. The summed E-state index contributed by atoms with van der Waals surface area (Å²) in [6.45, 7) is 12.9. The van der Waals surface area contributed by atoms with Gasteiger partial charge in [-0.15, -0.1) is 0 Å². The summed E-state index contributed by atoms with van der Waals surface area (Å²) < 4.78 is 5.59. The van der Waals surface area contributed by atoms with Crippen LogP contribution in [0.5, 0.6) is 5.75 Å². The Labute approximate surface area is 129 Å². The van der Waals surface area contributed by atoms with Crippen LogP contribution < -0.4 is 10.1 Å². The quantitative estimate of drug-likeness (QED) is 0.734. The van der Waals surface area contributed by atoms with Crippen LogP contribution in [0.15, 0.2) is 24.3 Å². The number of benzene rings is 1. The summed E-state index contributed by atoms with van der Waals surface area (Å²) in [6.07, 6.45) is -0.480. The van der Waals surface area contributed by atoms with E-state index in [0.717, 1.165) is 12.3 Å². The van der Waals surface area contributed by atoms with E-state index in [4.69, 9.17) is 4.74 Å². The van der Waals surface area contributed by atoms with Crippen molar-refractivity contribution in [1.29, 1.82) is 0 Å². The highest BCUT2D eigenvalue weighted by Gasteiger charge is 2.17. The summed E-state index contributed by atoms with van der Waals surface area (Å²) in [5, 5.41) is 13.3. The van der Waals surface area contributed by atoms with E-state index in [1.165, 1.54) is 5.56 Å². The van der Waals surface area contributed by atoms with Gasteiger partial charge >= 0.3 is 0 Å². The van der Waals surface area contributed by atoms with Gasteiger partial charge in [-0.3, -0.25) is 0 Å². The molecule has 0 heterocycles. The molecule has 1 aromatic carbocycles. The zero-order chi connectivity index (χ0) is 15.8. The SMILES string of the molecule is Cc1ccc(OCC(O)CNCC(C(C)C)C(C)C)cc1. The lowest BCUT2D eigenvalue weighted by molar-refractivity contribution is 0.103. The van der Waals surface area contributed by atoms with Crippen LogP contribution in [0.1, 0.15) is 33.3 Å². The van der Waals surface area contributed by atoms with Gasteiger partial charge in [-0.1, -0.05) is 45.4 Å². The van der Waals surface area contributed by atoms with Crippen molar-refractivity contribution in [3.8, 4) is 5.75 Å². The first-order valence-corrected chi connectivity index (χ1v) is 7.98. The Morgan fingerprint density at radius 3 is 2.10 bits per heavy atom. The first-order chi connectivity index (χ1) is 9.90. The average molecular weight is 293 g/mol. The second-order valence-corrected chi connectivity index (χ2v) is 6.59. The smallest absolute Gasteiger partial charge is 0.119 e. The van der Waals surface area contributed by atoms with Crippen LogP contribution in [0.3, 0.4) is 0 Å². The molecule has 0 fully saturated rings. The highest BCUT2D eigenvalue weighted by atomic mass is 16.5. The maximum atomic E-state index is 9.97. The van der Waals surface area contributed by atoms with Gasteiger partial charge in [-0.05, 0) is 43.4 Å². The summed E-state index contributed by atoms with van der Waals surface area (Å²) >= 11 is 0. The van der Waals surface area contributed by atoms with E-state index >= 15 is 0 Å². The van der Waals surface area contributed by atoms with Gasteiger partial charge in [0.25, 0.3) is 0 Å². The minimum absolute atomic E-state index is 0.323. The van der Waals surface area contributed by atoms with Crippen LogP contribution in [-0.4, -0.2) is 30.9 Å². The summed E-state index contributed by atoms with van der Waals surface area (Å²) in [4.78, 5) is 0. The number of hydrogen-bond donors (Lipinski definition) is 2. The normalized spacial score (nSPS) is 13.2. The lowest BCUT2D eigenvalue weighted by atomic mass is 9.85. The maximum Gasteiger partial charge on any atom is 0.119 e. The van der Waals surface area contributed by atoms with Gasteiger partial charge in [0.1, 0.15) is 18.5 Å². The van der Waals surface area contributed by atoms with Crippen molar-refractivity contribution in [1.82, 2.24) is 5.32 Å². The molecule has 0 bridgehead atoms. The molecule has 1 atom stereocenters. The van der Waals surface area contributed by atoms with Crippen LogP contribution in [0.4, 0.5) is 0 Å². The van der Waals surface area contributed by atoms with Crippen LogP contribution in [0.25, 0.3) is 0 Å². The zero-order valence-electron chi connectivity index (χ0n) is 14.1. The molecular formula is C18H31NO2. The van der Waals surface area contributed by atoms with Gasteiger partial charge in [0.05, 0.1) is 0 Å². The van der Waals surface area contributed by atoms with Crippen molar-refractivity contribution >= 4 is 0 Å². The van der Waals surface area contributed by atoms with Crippen molar-refractivity contribution < 1.29 is 9.84 Å². The van der Waals surface area contributed by atoms with E-state index in [1.807, 2.05) is 31.2 Å². The number of aliphatic hydroxyl groups excluding tert-OH is 1. The first kappa shape index (κ1) is 18.0. The largest absolute Gasteiger partial charge is 0.491 e. The Kier molecular flexibility index (Phi) is 7.76. The van der Waals surface area contributed by atoms with Gasteiger partial charge in [0.2, 0.25) is 0 Å². The molecular weight excluding hydrogens is 262 g/mol. The van der Waals surface area contributed by atoms with E-state index < -0.39 is 6.10 Å². The minimum atomic E-state index is -0.480. The number of rotatable bonds is 9. The van der Waals surface area contributed by atoms with Crippen molar-refractivity contribution in [2.75, 3.05) is 19.7 Å². The molecule has 3 heteroatoms. The fourth-order valence-corrected chi connectivity index (χ4v) is 2.54. The third kappa shape index (κ3) is 6.96. The zero-order valence-corrected chi connectivity index (χ0v) is 14.1. The second-order valence-electron chi connectivity index (χ2n) is 6.59. The topological polar surface area (TPSA) is 41.5 Å². The lowest BCUT2D eigenvalue weighted by Crippen LogP contribution is -2.36. The molecule has 1 unspecified atom stereocenters. The summed E-state index contributed by atoms with van der Waals surface area (Å²) in [7, 11) is 0. The molecule has 2 N–H and O–H groups in total. The van der Waals surface area contributed by atoms with E-state index in [0.29, 0.717) is 30.9 Å². The molecule has 0 aliphatic rings. The van der Waals surface area contributed by atoms with E-state index in [1.54, 1.807) is 0 Å². The maximum absolute atomic E-state index is 9.97. The molecule has 0 saturated heterocycles. The van der Waals surface area contributed by atoms with Crippen molar-refractivity contribution in [3.63, 3.8) is 0 Å². The van der Waals surface area contributed by atoms with E-state index in [2.05, 4.69) is 33.0 Å². The number of nitrogens with one attached hydrogen (secondary N) is 1. The molecule has 0 amide bonds. The standard InChI is InChI=1S/C18H31NO2/c1-13(2)18(14(3)4)11-19-10-16(20)12-21-17-8-6-15(5)7-9-17/h6-9,13-14,16,18-20H,10-12H2,1-5H3. The number of hydrogen-bond acceptors (Lipinski definition) is 3. The molecule has 0 aliphatic carbocycles. The van der Waals surface area contributed by atoms with Crippen LogP contribution >= 0.6 is 0 Å². The highest BCUT2D eigenvalue weighted by molar-refractivity contribution is 5.26. The molecule has 0 spiro atoms. The number of aliphatic hydroxyl groups is 1. The monoisotopic (exact) mass is 293 g/mol. The third-order valence-electron chi connectivity index (χ3n) is 3.94. The van der Waals surface area contributed by atoms with Gasteiger partial charge in [0, 0.05) is 6.54 Å². The second kappa shape index (κ2) is 9.06. The fraction of sp³-hybridized carbons (Fsp3) is 0.667. The number of aryl methyl sites for hydroxylation is 1. The van der Waals surface area contributed by atoms with Crippen LogP contribution in [-0.2, 0) is 0 Å². The molecule has 21 heavy (non-hydrogen) atoms.